The third kappa shape index (κ3) is 3.72. The number of nitrogens with zero attached hydrogens (tertiary/aromatic N) is 1. The van der Waals surface area contributed by atoms with E-state index in [4.69, 9.17) is 15.6 Å². The molecule has 11 heteroatoms. The zero-order chi connectivity index (χ0) is 19.9. The summed E-state index contributed by atoms with van der Waals surface area (Å²) in [5, 5.41) is 47.1. The predicted molar refractivity (Wildman–Crippen MR) is 92.4 cm³/mol. The number of likely N-dealkylation sites (tertiary alicyclic amines) is 1. The van der Waals surface area contributed by atoms with Crippen molar-refractivity contribution >= 4 is 19.0 Å². The number of aliphatic hydroxyl groups excluding tert-OH is 1. The number of aliphatic hydroxyl groups is 1. The maximum absolute atomic E-state index is 11.8. The summed E-state index contributed by atoms with van der Waals surface area (Å²) in [4.78, 5) is 24.8. The second kappa shape index (κ2) is 7.35. The molecule has 2 aliphatic rings. The van der Waals surface area contributed by atoms with E-state index in [1.165, 1.54) is 17.0 Å². The molecule has 3 atom stereocenters. The number of benzene rings is 1. The molecule has 0 radical (unpaired) electrons. The maximum Gasteiger partial charge on any atom is 0.455 e. The fourth-order valence-electron chi connectivity index (χ4n) is 3.28. The number of ether oxygens (including phenoxy) is 1. The van der Waals surface area contributed by atoms with Gasteiger partial charge in [-0.25, -0.2) is 4.79 Å². The molecule has 2 fully saturated rings. The van der Waals surface area contributed by atoms with Crippen LogP contribution in [0.25, 0.3) is 0 Å². The molecule has 7 N–H and O–H groups in total. The van der Waals surface area contributed by atoms with Crippen LogP contribution in [-0.2, 0) is 4.79 Å². The van der Waals surface area contributed by atoms with Gasteiger partial charge in [-0.15, -0.1) is 0 Å². The zero-order valence-electron chi connectivity index (χ0n) is 14.4. The number of hydrogen-bond donors (Lipinski definition) is 6. The number of aromatic hydroxyl groups is 1. The van der Waals surface area contributed by atoms with Crippen LogP contribution < -0.4 is 10.5 Å². The third-order valence-corrected chi connectivity index (χ3v) is 4.97. The molecule has 146 valence electrons. The second-order valence-corrected chi connectivity index (χ2v) is 6.87. The van der Waals surface area contributed by atoms with Gasteiger partial charge in [-0.05, 0) is 24.0 Å². The van der Waals surface area contributed by atoms with Crippen LogP contribution in [0.1, 0.15) is 28.3 Å². The fraction of sp³-hybridized carbons (Fsp3) is 0.500. The van der Waals surface area contributed by atoms with Gasteiger partial charge in [0.15, 0.2) is 0 Å². The first-order valence-corrected chi connectivity index (χ1v) is 8.51. The summed E-state index contributed by atoms with van der Waals surface area (Å²) >= 11 is 0. The van der Waals surface area contributed by atoms with Gasteiger partial charge in [-0.1, -0.05) is 6.07 Å². The normalized spacial score (nSPS) is 22.7. The molecule has 1 aliphatic carbocycles. The van der Waals surface area contributed by atoms with E-state index in [0.29, 0.717) is 12.0 Å². The Morgan fingerprint density at radius 3 is 2.52 bits per heavy atom. The summed E-state index contributed by atoms with van der Waals surface area (Å²) in [7, 11) is -1.53. The molecule has 1 saturated carbocycles. The average molecular weight is 380 g/mol. The van der Waals surface area contributed by atoms with Crippen LogP contribution in [0.2, 0.25) is 5.82 Å². The first-order chi connectivity index (χ1) is 12.7. The zero-order valence-corrected chi connectivity index (χ0v) is 14.4. The minimum atomic E-state index is -1.53. The van der Waals surface area contributed by atoms with Gasteiger partial charge in [-0.2, -0.15) is 0 Å². The van der Waals surface area contributed by atoms with Crippen molar-refractivity contribution < 1.29 is 39.7 Å². The Kier molecular flexibility index (Phi) is 5.29. The van der Waals surface area contributed by atoms with Crippen LogP contribution in [0.5, 0.6) is 11.5 Å². The molecule has 1 aliphatic heterocycles. The molecular formula is C16H21BN2O8. The highest BCUT2D eigenvalue weighted by molar-refractivity contribution is 6.44. The summed E-state index contributed by atoms with van der Waals surface area (Å²) in [5.74, 6) is -3.05. The molecule has 1 unspecified atom stereocenters. The van der Waals surface area contributed by atoms with Gasteiger partial charge in [0.05, 0.1) is 19.7 Å². The van der Waals surface area contributed by atoms with Gasteiger partial charge in [0, 0.05) is 5.82 Å². The van der Waals surface area contributed by atoms with Crippen molar-refractivity contribution in [3.8, 4) is 11.5 Å². The molecule has 27 heavy (non-hydrogen) atoms. The fourth-order valence-corrected chi connectivity index (χ4v) is 3.28. The van der Waals surface area contributed by atoms with Crippen LogP contribution in [0.15, 0.2) is 12.1 Å². The third-order valence-electron chi connectivity index (χ3n) is 4.97. The quantitative estimate of drug-likeness (QED) is 0.302. The van der Waals surface area contributed by atoms with Gasteiger partial charge in [-0.3, -0.25) is 4.79 Å². The van der Waals surface area contributed by atoms with E-state index in [0.717, 1.165) is 0 Å². The van der Waals surface area contributed by atoms with Gasteiger partial charge >= 0.3 is 13.1 Å². The van der Waals surface area contributed by atoms with E-state index in [9.17, 15) is 29.9 Å². The Bertz CT molecular complexity index is 752. The average Bonchev–Trinajstić information content (AvgIpc) is 3.36. The molecule has 1 saturated heterocycles. The minimum Gasteiger partial charge on any atom is -0.507 e. The molecule has 0 bridgehead atoms. The molecule has 1 amide bonds. The largest absolute Gasteiger partial charge is 0.507 e. The Hall–Kier alpha value is -2.34. The first kappa shape index (κ1) is 19.4. The first-order valence-electron chi connectivity index (χ1n) is 8.51. The number of carboxylic acid groups (broad SMARTS) is 1. The molecule has 0 spiro atoms. The standard InChI is InChI=1S/C16H21BN2O8/c18-11(6-20)15(22)19-4-7(5-19)27-12-2-1-8(9-3-10(9)17(25)26)14(21)13(12)16(23)24/h1-2,7,9-11,20-21,25-26H,3-6,18H2,(H,23,24)/t9?,10-,11+/m1/s1. The lowest BCUT2D eigenvalue weighted by Crippen LogP contribution is -2.60. The van der Waals surface area contributed by atoms with E-state index in [1.807, 2.05) is 0 Å². The van der Waals surface area contributed by atoms with Gasteiger partial charge in [0.2, 0.25) is 5.91 Å². The summed E-state index contributed by atoms with van der Waals surface area (Å²) in [6, 6.07) is 1.92. The monoisotopic (exact) mass is 380 g/mol. The Morgan fingerprint density at radius 2 is 2.00 bits per heavy atom. The van der Waals surface area contributed by atoms with Crippen LogP contribution >= 0.6 is 0 Å². The Morgan fingerprint density at radius 1 is 1.33 bits per heavy atom. The SMILES string of the molecule is N[C@@H](CO)C(=O)N1CC(Oc2ccc(C3C[C@H]3B(O)O)c(O)c2C(=O)O)C1. The molecule has 0 aromatic heterocycles. The molecule has 1 aromatic carbocycles. The number of phenols is 1. The molecule has 1 aromatic rings. The number of hydrogen-bond acceptors (Lipinski definition) is 8. The lowest BCUT2D eigenvalue weighted by atomic mass is 9.81. The summed E-state index contributed by atoms with van der Waals surface area (Å²) < 4.78 is 5.61. The van der Waals surface area contributed by atoms with Crippen molar-refractivity contribution in [3.05, 3.63) is 23.3 Å². The van der Waals surface area contributed by atoms with E-state index in [2.05, 4.69) is 0 Å². The minimum absolute atomic E-state index is 0.0333. The molecule has 3 rings (SSSR count). The lowest BCUT2D eigenvalue weighted by Gasteiger charge is -2.40. The predicted octanol–water partition coefficient (Wildman–Crippen LogP) is -1.67. The van der Waals surface area contributed by atoms with E-state index in [1.54, 1.807) is 0 Å². The molecule has 1 heterocycles. The van der Waals surface area contributed by atoms with Crippen LogP contribution in [0.3, 0.4) is 0 Å². The van der Waals surface area contributed by atoms with Crippen molar-refractivity contribution in [2.75, 3.05) is 19.7 Å². The number of carbonyl (C=O) groups is 2. The van der Waals surface area contributed by atoms with E-state index in [-0.39, 0.29) is 24.8 Å². The van der Waals surface area contributed by atoms with Gasteiger partial charge in [0.25, 0.3) is 0 Å². The van der Waals surface area contributed by atoms with Gasteiger partial charge < -0.3 is 40.7 Å². The second-order valence-electron chi connectivity index (χ2n) is 6.87. The highest BCUT2D eigenvalue weighted by Crippen LogP contribution is 2.56. The number of amides is 1. The number of carbonyl (C=O) groups excluding carboxylic acids is 1. The van der Waals surface area contributed by atoms with Crippen molar-refractivity contribution in [1.82, 2.24) is 4.90 Å². The maximum atomic E-state index is 11.8. The highest BCUT2D eigenvalue weighted by atomic mass is 16.5. The molecule has 10 nitrogen and oxygen atoms in total. The van der Waals surface area contributed by atoms with Crippen LogP contribution in [-0.4, -0.2) is 81.1 Å². The van der Waals surface area contributed by atoms with Crippen molar-refractivity contribution in [2.45, 2.75) is 30.3 Å². The van der Waals surface area contributed by atoms with Crippen molar-refractivity contribution in [3.63, 3.8) is 0 Å². The summed E-state index contributed by atoms with van der Waals surface area (Å²) in [6.07, 6.45) is -0.0221. The summed E-state index contributed by atoms with van der Waals surface area (Å²) in [5.41, 5.74) is 5.39. The Balaban J connectivity index is 1.71. The summed E-state index contributed by atoms with van der Waals surface area (Å²) in [6.45, 7) is -0.0882. The highest BCUT2D eigenvalue weighted by Gasteiger charge is 2.48. The Labute approximate surface area is 154 Å². The number of rotatable bonds is 7. The smallest absolute Gasteiger partial charge is 0.455 e. The van der Waals surface area contributed by atoms with Crippen molar-refractivity contribution in [1.29, 1.82) is 0 Å². The lowest BCUT2D eigenvalue weighted by molar-refractivity contribution is -0.142. The van der Waals surface area contributed by atoms with Gasteiger partial charge in [0.1, 0.15) is 29.2 Å². The van der Waals surface area contributed by atoms with E-state index >= 15 is 0 Å². The molecular weight excluding hydrogens is 359 g/mol. The van der Waals surface area contributed by atoms with Crippen molar-refractivity contribution in [2.24, 2.45) is 5.73 Å². The number of aromatic carboxylic acids is 1. The number of nitrogens with two attached hydrogens (primary N) is 1. The van der Waals surface area contributed by atoms with E-state index < -0.39 is 54.9 Å². The van der Waals surface area contributed by atoms with Crippen LogP contribution in [0, 0.1) is 0 Å². The topological polar surface area (TPSA) is 174 Å². The van der Waals surface area contributed by atoms with Crippen LogP contribution in [0.4, 0.5) is 0 Å². The number of carboxylic acids is 1.